The molecular formula is C18H31NO2. The summed E-state index contributed by atoms with van der Waals surface area (Å²) in [6.45, 7) is 3.63. The van der Waals surface area contributed by atoms with Crippen LogP contribution in [0.4, 0.5) is 0 Å². The van der Waals surface area contributed by atoms with E-state index < -0.39 is 0 Å². The van der Waals surface area contributed by atoms with Gasteiger partial charge in [0.05, 0.1) is 19.8 Å². The standard InChI is InChI=1S/C18H31NO2/c1-19-17(12-21-11-13-2-3-20-10-13)18-7-14-4-15(8-18)6-16(5-14)9-18/h13-17,19H,2-12H2,1H3. The van der Waals surface area contributed by atoms with Crippen molar-refractivity contribution in [1.82, 2.24) is 5.32 Å². The lowest BCUT2D eigenvalue weighted by molar-refractivity contribution is -0.0889. The van der Waals surface area contributed by atoms with Crippen LogP contribution in [0.25, 0.3) is 0 Å². The van der Waals surface area contributed by atoms with Gasteiger partial charge >= 0.3 is 0 Å². The van der Waals surface area contributed by atoms with Gasteiger partial charge in [-0.2, -0.15) is 0 Å². The smallest absolute Gasteiger partial charge is 0.0625 e. The second kappa shape index (κ2) is 5.82. The Kier molecular flexibility index (Phi) is 4.01. The molecule has 4 bridgehead atoms. The molecule has 4 saturated carbocycles. The molecule has 1 N–H and O–H groups in total. The van der Waals surface area contributed by atoms with Gasteiger partial charge in [-0.1, -0.05) is 0 Å². The number of rotatable bonds is 6. The number of hydrogen-bond acceptors (Lipinski definition) is 3. The van der Waals surface area contributed by atoms with Crippen LogP contribution in [0.15, 0.2) is 0 Å². The van der Waals surface area contributed by atoms with Gasteiger partial charge in [0.25, 0.3) is 0 Å². The largest absolute Gasteiger partial charge is 0.381 e. The van der Waals surface area contributed by atoms with Crippen LogP contribution in [-0.4, -0.2) is 39.5 Å². The highest BCUT2D eigenvalue weighted by Crippen LogP contribution is 2.61. The third kappa shape index (κ3) is 2.77. The number of hydrogen-bond donors (Lipinski definition) is 1. The van der Waals surface area contributed by atoms with Crippen molar-refractivity contribution in [1.29, 1.82) is 0 Å². The molecule has 1 heterocycles. The maximum atomic E-state index is 6.12. The molecular weight excluding hydrogens is 262 g/mol. The maximum Gasteiger partial charge on any atom is 0.0625 e. The summed E-state index contributed by atoms with van der Waals surface area (Å²) in [4.78, 5) is 0. The Labute approximate surface area is 129 Å². The molecule has 1 saturated heterocycles. The van der Waals surface area contributed by atoms with Gasteiger partial charge in [0, 0.05) is 18.6 Å². The van der Waals surface area contributed by atoms with Crippen LogP contribution in [0.2, 0.25) is 0 Å². The van der Waals surface area contributed by atoms with E-state index in [-0.39, 0.29) is 0 Å². The summed E-state index contributed by atoms with van der Waals surface area (Å²) in [5.74, 6) is 3.71. The molecule has 21 heavy (non-hydrogen) atoms. The fourth-order valence-electron chi connectivity index (χ4n) is 6.24. The molecule has 2 atom stereocenters. The normalized spacial score (nSPS) is 46.1. The van der Waals surface area contributed by atoms with Crippen LogP contribution < -0.4 is 5.32 Å². The van der Waals surface area contributed by atoms with Gasteiger partial charge in [-0.05, 0) is 75.2 Å². The molecule has 1 aliphatic heterocycles. The third-order valence-corrected chi connectivity index (χ3v) is 6.84. The van der Waals surface area contributed by atoms with E-state index in [1.165, 1.54) is 44.9 Å². The fraction of sp³-hybridized carbons (Fsp3) is 1.00. The minimum absolute atomic E-state index is 0.551. The zero-order valence-corrected chi connectivity index (χ0v) is 13.5. The van der Waals surface area contributed by atoms with Crippen LogP contribution >= 0.6 is 0 Å². The molecule has 0 aromatic heterocycles. The zero-order valence-electron chi connectivity index (χ0n) is 13.5. The Bertz CT molecular complexity index is 329. The van der Waals surface area contributed by atoms with E-state index in [0.29, 0.717) is 17.4 Å². The molecule has 0 aromatic rings. The Hall–Kier alpha value is -0.120. The first-order chi connectivity index (χ1) is 10.3. The maximum absolute atomic E-state index is 6.12. The van der Waals surface area contributed by atoms with Crippen molar-refractivity contribution in [3.63, 3.8) is 0 Å². The SMILES string of the molecule is CNC(COCC1CCOC1)C12CC3CC(CC(C3)C1)C2. The van der Waals surface area contributed by atoms with Crippen LogP contribution in [0, 0.1) is 29.1 Å². The van der Waals surface area contributed by atoms with Crippen molar-refractivity contribution in [2.24, 2.45) is 29.1 Å². The summed E-state index contributed by atoms with van der Waals surface area (Å²) in [6, 6.07) is 0.563. The first-order valence-corrected chi connectivity index (χ1v) is 9.10. The predicted molar refractivity (Wildman–Crippen MR) is 83.2 cm³/mol. The van der Waals surface area contributed by atoms with Gasteiger partial charge in [0.15, 0.2) is 0 Å². The summed E-state index contributed by atoms with van der Waals surface area (Å²) < 4.78 is 11.6. The highest BCUT2D eigenvalue weighted by molar-refractivity contribution is 5.06. The number of nitrogens with one attached hydrogen (secondary N) is 1. The van der Waals surface area contributed by atoms with E-state index in [0.717, 1.165) is 44.2 Å². The summed E-state index contributed by atoms with van der Waals surface area (Å²) in [6.07, 6.45) is 10.1. The highest BCUT2D eigenvalue weighted by atomic mass is 16.5. The van der Waals surface area contributed by atoms with Crippen LogP contribution in [0.5, 0.6) is 0 Å². The van der Waals surface area contributed by atoms with Crippen LogP contribution in [0.3, 0.4) is 0 Å². The van der Waals surface area contributed by atoms with E-state index in [2.05, 4.69) is 12.4 Å². The molecule has 5 fully saturated rings. The first-order valence-electron chi connectivity index (χ1n) is 9.10. The minimum Gasteiger partial charge on any atom is -0.381 e. The molecule has 5 aliphatic rings. The Balaban J connectivity index is 1.36. The highest BCUT2D eigenvalue weighted by Gasteiger charge is 2.53. The monoisotopic (exact) mass is 293 g/mol. The quantitative estimate of drug-likeness (QED) is 0.817. The molecule has 2 unspecified atom stereocenters. The molecule has 0 aromatic carbocycles. The van der Waals surface area contributed by atoms with Gasteiger partial charge in [-0.25, -0.2) is 0 Å². The average molecular weight is 293 g/mol. The van der Waals surface area contributed by atoms with Crippen molar-refractivity contribution in [3.05, 3.63) is 0 Å². The van der Waals surface area contributed by atoms with E-state index >= 15 is 0 Å². The van der Waals surface area contributed by atoms with Crippen LogP contribution in [-0.2, 0) is 9.47 Å². The van der Waals surface area contributed by atoms with E-state index in [4.69, 9.17) is 9.47 Å². The Morgan fingerprint density at radius 2 is 1.81 bits per heavy atom. The number of likely N-dealkylation sites (N-methyl/N-ethyl adjacent to an activating group) is 1. The lowest BCUT2D eigenvalue weighted by Gasteiger charge is -2.59. The van der Waals surface area contributed by atoms with Gasteiger partial charge in [-0.3, -0.25) is 0 Å². The molecule has 0 amide bonds. The molecule has 0 spiro atoms. The Morgan fingerprint density at radius 1 is 1.14 bits per heavy atom. The lowest BCUT2D eigenvalue weighted by Crippen LogP contribution is -2.56. The molecule has 4 aliphatic carbocycles. The lowest BCUT2D eigenvalue weighted by atomic mass is 9.48. The van der Waals surface area contributed by atoms with Crippen molar-refractivity contribution in [2.75, 3.05) is 33.5 Å². The van der Waals surface area contributed by atoms with Crippen LogP contribution in [0.1, 0.15) is 44.9 Å². The summed E-state index contributed by atoms with van der Waals surface area (Å²) in [7, 11) is 2.14. The van der Waals surface area contributed by atoms with Crippen molar-refractivity contribution in [3.8, 4) is 0 Å². The molecule has 5 rings (SSSR count). The number of ether oxygens (including phenoxy) is 2. The second-order valence-electron chi connectivity index (χ2n) is 8.39. The van der Waals surface area contributed by atoms with Gasteiger partial charge in [0.1, 0.15) is 0 Å². The third-order valence-electron chi connectivity index (χ3n) is 6.84. The van der Waals surface area contributed by atoms with E-state index in [1.807, 2.05) is 0 Å². The fourth-order valence-corrected chi connectivity index (χ4v) is 6.24. The summed E-state index contributed by atoms with van der Waals surface area (Å²) in [5, 5.41) is 3.63. The predicted octanol–water partition coefficient (Wildman–Crippen LogP) is 2.84. The minimum atomic E-state index is 0.551. The molecule has 120 valence electrons. The topological polar surface area (TPSA) is 30.5 Å². The molecule has 3 heteroatoms. The van der Waals surface area contributed by atoms with Gasteiger partial charge in [0.2, 0.25) is 0 Å². The zero-order chi connectivity index (χ0) is 14.3. The summed E-state index contributed by atoms with van der Waals surface area (Å²) >= 11 is 0. The van der Waals surface area contributed by atoms with E-state index in [9.17, 15) is 0 Å². The molecule has 0 radical (unpaired) electrons. The van der Waals surface area contributed by atoms with Gasteiger partial charge < -0.3 is 14.8 Å². The van der Waals surface area contributed by atoms with Gasteiger partial charge in [-0.15, -0.1) is 0 Å². The first kappa shape index (κ1) is 14.5. The molecule has 3 nitrogen and oxygen atoms in total. The van der Waals surface area contributed by atoms with E-state index in [1.54, 1.807) is 0 Å². The van der Waals surface area contributed by atoms with Crippen molar-refractivity contribution < 1.29 is 9.47 Å². The summed E-state index contributed by atoms with van der Waals surface area (Å²) in [5.41, 5.74) is 0.551. The average Bonchev–Trinajstić information content (AvgIpc) is 2.95. The van der Waals surface area contributed by atoms with Crippen molar-refractivity contribution >= 4 is 0 Å². The van der Waals surface area contributed by atoms with Crippen molar-refractivity contribution in [2.45, 2.75) is 51.0 Å². The Morgan fingerprint density at radius 3 is 2.33 bits per heavy atom. The second-order valence-corrected chi connectivity index (χ2v) is 8.39.